The van der Waals surface area contributed by atoms with E-state index in [9.17, 15) is 0 Å². The van der Waals surface area contributed by atoms with Crippen molar-refractivity contribution in [3.63, 3.8) is 0 Å². The molecule has 2 N–H and O–H groups in total. The van der Waals surface area contributed by atoms with Crippen molar-refractivity contribution < 1.29 is 4.74 Å². The third-order valence-electron chi connectivity index (χ3n) is 2.10. The van der Waals surface area contributed by atoms with Gasteiger partial charge in [0.15, 0.2) is 0 Å². The molecular formula is C12H15Br2NO. The highest BCUT2D eigenvalue weighted by atomic mass is 79.9. The maximum Gasteiger partial charge on any atom is 0.126 e. The normalized spacial score (nSPS) is 10.2. The lowest BCUT2D eigenvalue weighted by Crippen LogP contribution is -2.07. The van der Waals surface area contributed by atoms with Crippen molar-refractivity contribution in [2.45, 2.75) is 13.3 Å². The second kappa shape index (κ2) is 6.42. The van der Waals surface area contributed by atoms with E-state index in [0.717, 1.165) is 32.3 Å². The lowest BCUT2D eigenvalue weighted by atomic mass is 10.1. The minimum absolute atomic E-state index is 0.472. The molecular weight excluding hydrogens is 334 g/mol. The fourth-order valence-corrected chi connectivity index (χ4v) is 2.23. The van der Waals surface area contributed by atoms with Crippen LogP contribution < -0.4 is 10.5 Å². The Balaban J connectivity index is 2.98. The predicted molar refractivity (Wildman–Crippen MR) is 75.2 cm³/mol. The minimum Gasteiger partial charge on any atom is -0.488 e. The van der Waals surface area contributed by atoms with E-state index in [1.807, 2.05) is 19.1 Å². The van der Waals surface area contributed by atoms with Gasteiger partial charge in [-0.05, 0) is 43.1 Å². The van der Waals surface area contributed by atoms with Gasteiger partial charge in [-0.1, -0.05) is 38.4 Å². The first-order valence-electron chi connectivity index (χ1n) is 4.99. The number of aryl methyl sites for hydroxylation is 1. The lowest BCUT2D eigenvalue weighted by molar-refractivity contribution is 0.354. The van der Waals surface area contributed by atoms with Gasteiger partial charge >= 0.3 is 0 Å². The summed E-state index contributed by atoms with van der Waals surface area (Å²) in [5.41, 5.74) is 7.82. The molecule has 16 heavy (non-hydrogen) atoms. The Bertz CT molecular complexity index is 391. The summed E-state index contributed by atoms with van der Waals surface area (Å²) in [5, 5.41) is 0. The van der Waals surface area contributed by atoms with Crippen LogP contribution in [0.5, 0.6) is 5.75 Å². The molecule has 0 aromatic heterocycles. The Kier molecular flexibility index (Phi) is 5.52. The van der Waals surface area contributed by atoms with Crippen molar-refractivity contribution in [2.75, 3.05) is 13.2 Å². The van der Waals surface area contributed by atoms with E-state index in [1.165, 1.54) is 0 Å². The van der Waals surface area contributed by atoms with Gasteiger partial charge < -0.3 is 10.5 Å². The molecule has 0 amide bonds. The van der Waals surface area contributed by atoms with Crippen molar-refractivity contribution in [3.05, 3.63) is 38.8 Å². The number of rotatable bonds is 5. The molecule has 88 valence electrons. The Morgan fingerprint density at radius 2 is 2.19 bits per heavy atom. The smallest absolute Gasteiger partial charge is 0.126 e. The van der Waals surface area contributed by atoms with Crippen LogP contribution in [0.25, 0.3) is 0 Å². The van der Waals surface area contributed by atoms with Gasteiger partial charge in [0.05, 0.1) is 0 Å². The van der Waals surface area contributed by atoms with E-state index in [4.69, 9.17) is 10.5 Å². The van der Waals surface area contributed by atoms with Gasteiger partial charge in [-0.15, -0.1) is 0 Å². The maximum atomic E-state index is 5.71. The van der Waals surface area contributed by atoms with Gasteiger partial charge in [0.1, 0.15) is 12.4 Å². The molecule has 0 radical (unpaired) electrons. The van der Waals surface area contributed by atoms with Crippen molar-refractivity contribution in [3.8, 4) is 5.75 Å². The molecule has 0 aliphatic heterocycles. The zero-order valence-electron chi connectivity index (χ0n) is 9.22. The Morgan fingerprint density at radius 3 is 2.75 bits per heavy atom. The quantitative estimate of drug-likeness (QED) is 0.883. The number of hydrogen-bond donors (Lipinski definition) is 1. The fraction of sp³-hybridized carbons (Fsp3) is 0.333. The van der Waals surface area contributed by atoms with E-state index in [-0.39, 0.29) is 0 Å². The monoisotopic (exact) mass is 347 g/mol. The summed E-state index contributed by atoms with van der Waals surface area (Å²) < 4.78 is 7.60. The first kappa shape index (κ1) is 13.7. The molecule has 0 unspecified atom stereocenters. The molecule has 2 nitrogen and oxygen atoms in total. The second-order valence-electron chi connectivity index (χ2n) is 3.56. The van der Waals surface area contributed by atoms with Crippen LogP contribution in [0.15, 0.2) is 27.7 Å². The molecule has 0 saturated carbocycles. The summed E-state index contributed by atoms with van der Waals surface area (Å²) in [6, 6.07) is 4.08. The molecule has 0 heterocycles. The molecule has 0 bridgehead atoms. The summed E-state index contributed by atoms with van der Waals surface area (Å²) in [6.07, 6.45) is 0.810. The van der Waals surface area contributed by atoms with E-state index < -0.39 is 0 Å². The number of hydrogen-bond acceptors (Lipinski definition) is 2. The maximum absolute atomic E-state index is 5.71. The van der Waals surface area contributed by atoms with Crippen LogP contribution in [0.3, 0.4) is 0 Å². The largest absolute Gasteiger partial charge is 0.488 e. The van der Waals surface area contributed by atoms with E-state index in [0.29, 0.717) is 13.2 Å². The van der Waals surface area contributed by atoms with Gasteiger partial charge in [-0.2, -0.15) is 0 Å². The van der Waals surface area contributed by atoms with Crippen LogP contribution in [-0.4, -0.2) is 13.2 Å². The van der Waals surface area contributed by atoms with Crippen LogP contribution in [0.4, 0.5) is 0 Å². The predicted octanol–water partition coefficient (Wildman–Crippen LogP) is 3.55. The average molecular weight is 349 g/mol. The zero-order valence-corrected chi connectivity index (χ0v) is 12.4. The Hall–Kier alpha value is -0.320. The topological polar surface area (TPSA) is 35.2 Å². The summed E-state index contributed by atoms with van der Waals surface area (Å²) in [6.45, 7) is 6.86. The highest BCUT2D eigenvalue weighted by Gasteiger charge is 2.08. The number of ether oxygens (including phenoxy) is 1. The zero-order chi connectivity index (χ0) is 12.1. The first-order chi connectivity index (χ1) is 7.54. The van der Waals surface area contributed by atoms with Gasteiger partial charge in [0, 0.05) is 8.96 Å². The minimum atomic E-state index is 0.472. The molecule has 1 aromatic rings. The summed E-state index contributed by atoms with van der Waals surface area (Å²) in [4.78, 5) is 0. The standard InChI is InChI=1S/C12H15Br2NO/c1-8-5-11(14)6-10(3-4-15)12(8)16-7-9(2)13/h5-6H,2-4,7,15H2,1H3. The highest BCUT2D eigenvalue weighted by molar-refractivity contribution is 9.11. The number of nitrogens with two attached hydrogens (primary N) is 1. The van der Waals surface area contributed by atoms with E-state index >= 15 is 0 Å². The Labute approximate surface area is 113 Å². The van der Waals surface area contributed by atoms with Crippen molar-refractivity contribution in [2.24, 2.45) is 5.73 Å². The summed E-state index contributed by atoms with van der Waals surface area (Å²) in [7, 11) is 0. The molecule has 1 aromatic carbocycles. The first-order valence-corrected chi connectivity index (χ1v) is 6.58. The van der Waals surface area contributed by atoms with Crippen LogP contribution in [0, 0.1) is 6.92 Å². The van der Waals surface area contributed by atoms with Gasteiger partial charge in [-0.3, -0.25) is 0 Å². The highest BCUT2D eigenvalue weighted by Crippen LogP contribution is 2.28. The van der Waals surface area contributed by atoms with Crippen LogP contribution in [-0.2, 0) is 6.42 Å². The number of benzene rings is 1. The molecule has 0 aliphatic rings. The van der Waals surface area contributed by atoms with Crippen molar-refractivity contribution in [1.29, 1.82) is 0 Å². The lowest BCUT2D eigenvalue weighted by Gasteiger charge is -2.14. The molecule has 0 saturated heterocycles. The molecule has 0 aliphatic carbocycles. The third-order valence-corrected chi connectivity index (χ3v) is 2.79. The van der Waals surface area contributed by atoms with Crippen molar-refractivity contribution in [1.82, 2.24) is 0 Å². The van der Waals surface area contributed by atoms with E-state index in [2.05, 4.69) is 38.4 Å². The summed E-state index contributed by atoms with van der Waals surface area (Å²) >= 11 is 6.76. The fourth-order valence-electron chi connectivity index (χ4n) is 1.50. The third kappa shape index (κ3) is 3.92. The molecule has 4 heteroatoms. The summed E-state index contributed by atoms with van der Waals surface area (Å²) in [5.74, 6) is 0.911. The van der Waals surface area contributed by atoms with Gasteiger partial charge in [0.25, 0.3) is 0 Å². The van der Waals surface area contributed by atoms with Crippen LogP contribution in [0.1, 0.15) is 11.1 Å². The Morgan fingerprint density at radius 1 is 1.50 bits per heavy atom. The molecule has 0 spiro atoms. The van der Waals surface area contributed by atoms with E-state index in [1.54, 1.807) is 0 Å². The number of halogens is 2. The van der Waals surface area contributed by atoms with Crippen molar-refractivity contribution >= 4 is 31.9 Å². The molecule has 1 rings (SSSR count). The molecule has 0 fully saturated rings. The molecule has 0 atom stereocenters. The van der Waals surface area contributed by atoms with Crippen LogP contribution >= 0.6 is 31.9 Å². The van der Waals surface area contributed by atoms with Gasteiger partial charge in [0.2, 0.25) is 0 Å². The average Bonchev–Trinajstić information content (AvgIpc) is 2.16. The van der Waals surface area contributed by atoms with Crippen LogP contribution in [0.2, 0.25) is 0 Å². The van der Waals surface area contributed by atoms with Gasteiger partial charge in [-0.25, -0.2) is 0 Å². The second-order valence-corrected chi connectivity index (χ2v) is 5.59. The SMILES string of the molecule is C=C(Br)COc1c(C)cc(Br)cc1CCN.